The largest absolute Gasteiger partial charge is 0.330 e. The van der Waals surface area contributed by atoms with Gasteiger partial charge in [-0.3, -0.25) is 0 Å². The molecule has 82 valence electrons. The summed E-state index contributed by atoms with van der Waals surface area (Å²) in [5.74, 6) is 0. The molecule has 0 spiro atoms. The lowest BCUT2D eigenvalue weighted by Gasteiger charge is -2.13. The molecule has 0 unspecified atom stereocenters. The van der Waals surface area contributed by atoms with Crippen LogP contribution in [0.2, 0.25) is 0 Å². The van der Waals surface area contributed by atoms with E-state index in [1.165, 1.54) is 0 Å². The summed E-state index contributed by atoms with van der Waals surface area (Å²) in [6.45, 7) is 0.616. The van der Waals surface area contributed by atoms with Gasteiger partial charge in [0.2, 0.25) is 6.43 Å². The third kappa shape index (κ3) is 2.17. The van der Waals surface area contributed by atoms with Crippen LogP contribution in [0, 0.1) is 0 Å². The molecule has 3 heteroatoms. The summed E-state index contributed by atoms with van der Waals surface area (Å²) in [5.41, 5.74) is 7.64. The molecule has 1 aliphatic rings. The first-order valence-corrected chi connectivity index (χ1v) is 5.24. The molecule has 2 N–H and O–H groups in total. The summed E-state index contributed by atoms with van der Waals surface area (Å²) in [6.07, 6.45) is -0.258. The normalized spacial score (nSPS) is 18.1. The predicted octanol–water partition coefficient (Wildman–Crippen LogP) is 2.48. The average Bonchev–Trinajstić information content (AvgIpc) is 2.97. The van der Waals surface area contributed by atoms with Crippen LogP contribution in [0.3, 0.4) is 0 Å². The molecule has 0 atom stereocenters. The topological polar surface area (TPSA) is 26.0 Å². The lowest BCUT2D eigenvalue weighted by atomic mass is 9.94. The smallest absolute Gasteiger partial charge is 0.242 e. The highest BCUT2D eigenvalue weighted by molar-refractivity contribution is 5.35. The minimum absolute atomic E-state index is 0.0954. The number of hydrogen-bond donors (Lipinski definition) is 1. The fourth-order valence-electron chi connectivity index (χ4n) is 1.97. The monoisotopic (exact) mass is 211 g/mol. The molecular weight excluding hydrogens is 196 g/mol. The molecule has 0 heterocycles. The predicted molar refractivity (Wildman–Crippen MR) is 56.1 cm³/mol. The van der Waals surface area contributed by atoms with E-state index in [0.717, 1.165) is 18.4 Å². The second kappa shape index (κ2) is 3.89. The van der Waals surface area contributed by atoms with Crippen LogP contribution in [-0.2, 0) is 11.8 Å². The second-order valence-electron chi connectivity index (χ2n) is 4.28. The van der Waals surface area contributed by atoms with E-state index in [9.17, 15) is 8.78 Å². The van der Waals surface area contributed by atoms with Gasteiger partial charge in [0, 0.05) is 18.4 Å². The van der Waals surface area contributed by atoms with Crippen molar-refractivity contribution < 1.29 is 8.78 Å². The van der Waals surface area contributed by atoms with Crippen molar-refractivity contribution in [1.82, 2.24) is 0 Å². The molecule has 0 saturated heterocycles. The van der Waals surface area contributed by atoms with Crippen LogP contribution >= 0.6 is 0 Å². The highest BCUT2D eigenvalue weighted by Gasteiger charge is 2.42. The average molecular weight is 211 g/mol. The van der Waals surface area contributed by atoms with Gasteiger partial charge in [-0.2, -0.15) is 0 Å². The molecule has 1 aromatic rings. The van der Waals surface area contributed by atoms with Crippen molar-refractivity contribution in [3.05, 3.63) is 35.4 Å². The van der Waals surface area contributed by atoms with E-state index in [2.05, 4.69) is 0 Å². The second-order valence-corrected chi connectivity index (χ2v) is 4.28. The Labute approximate surface area is 88.3 Å². The van der Waals surface area contributed by atoms with Gasteiger partial charge in [-0.15, -0.1) is 0 Å². The maximum absolute atomic E-state index is 12.2. The van der Waals surface area contributed by atoms with E-state index in [1.807, 2.05) is 18.2 Å². The summed E-state index contributed by atoms with van der Waals surface area (Å²) in [5, 5.41) is 0. The van der Waals surface area contributed by atoms with Gasteiger partial charge >= 0.3 is 0 Å². The number of alkyl halides is 2. The van der Waals surface area contributed by atoms with Gasteiger partial charge in [-0.1, -0.05) is 24.3 Å². The number of benzene rings is 1. The van der Waals surface area contributed by atoms with Crippen LogP contribution in [0.25, 0.3) is 0 Å². The molecule has 1 saturated carbocycles. The molecule has 0 aliphatic heterocycles. The van der Waals surface area contributed by atoms with Gasteiger partial charge < -0.3 is 5.73 Å². The van der Waals surface area contributed by atoms with Crippen LogP contribution in [-0.4, -0.2) is 13.0 Å². The van der Waals surface area contributed by atoms with Gasteiger partial charge in [0.1, 0.15) is 0 Å². The van der Waals surface area contributed by atoms with Crippen molar-refractivity contribution in [1.29, 1.82) is 0 Å². The Balaban J connectivity index is 2.19. The number of nitrogens with two attached hydrogens (primary N) is 1. The fraction of sp³-hybridized carbons (Fsp3) is 0.500. The van der Waals surface area contributed by atoms with Crippen molar-refractivity contribution in [2.45, 2.75) is 31.1 Å². The van der Waals surface area contributed by atoms with Gasteiger partial charge in [0.05, 0.1) is 0 Å². The third-order valence-corrected chi connectivity index (χ3v) is 3.17. The molecule has 0 bridgehead atoms. The first-order valence-electron chi connectivity index (χ1n) is 5.24. The van der Waals surface area contributed by atoms with Crippen molar-refractivity contribution in [2.75, 3.05) is 6.54 Å². The maximum atomic E-state index is 12.2. The summed E-state index contributed by atoms with van der Waals surface area (Å²) in [7, 11) is 0. The van der Waals surface area contributed by atoms with E-state index in [4.69, 9.17) is 5.73 Å². The zero-order valence-corrected chi connectivity index (χ0v) is 8.55. The van der Waals surface area contributed by atoms with Crippen LogP contribution < -0.4 is 5.73 Å². The highest BCUT2D eigenvalue weighted by Crippen LogP contribution is 2.47. The number of hydrogen-bond acceptors (Lipinski definition) is 1. The third-order valence-electron chi connectivity index (χ3n) is 3.17. The molecule has 1 fully saturated rings. The molecule has 2 rings (SSSR count). The summed E-state index contributed by atoms with van der Waals surface area (Å²) < 4.78 is 24.4. The van der Waals surface area contributed by atoms with Crippen LogP contribution in [0.5, 0.6) is 0 Å². The summed E-state index contributed by atoms with van der Waals surface area (Å²) in [4.78, 5) is 0. The van der Waals surface area contributed by atoms with E-state index in [-0.39, 0.29) is 11.8 Å². The Bertz CT molecular complexity index is 345. The number of halogens is 2. The first-order chi connectivity index (χ1) is 7.16. The van der Waals surface area contributed by atoms with Gasteiger partial charge in [-0.05, 0) is 24.0 Å². The zero-order chi connectivity index (χ0) is 10.9. The van der Waals surface area contributed by atoms with Gasteiger partial charge in [-0.25, -0.2) is 8.78 Å². The maximum Gasteiger partial charge on any atom is 0.242 e. The lowest BCUT2D eigenvalue weighted by molar-refractivity contribution is 0.149. The molecule has 1 nitrogen and oxygen atoms in total. The van der Waals surface area contributed by atoms with Crippen LogP contribution in [0.1, 0.15) is 24.0 Å². The summed E-state index contributed by atoms with van der Waals surface area (Å²) in [6, 6.07) is 7.48. The molecule has 0 radical (unpaired) electrons. The van der Waals surface area contributed by atoms with Crippen molar-refractivity contribution >= 4 is 0 Å². The number of rotatable bonds is 4. The molecule has 1 aliphatic carbocycles. The molecule has 0 amide bonds. The van der Waals surface area contributed by atoms with Crippen LogP contribution in [0.15, 0.2) is 24.3 Å². The SMILES string of the molecule is NCC1(c2cccc(CC(F)F)c2)CC1. The Morgan fingerprint density at radius 2 is 2.07 bits per heavy atom. The molecule has 15 heavy (non-hydrogen) atoms. The zero-order valence-electron chi connectivity index (χ0n) is 8.55. The Kier molecular flexibility index (Phi) is 2.74. The van der Waals surface area contributed by atoms with Crippen molar-refractivity contribution in [2.24, 2.45) is 5.73 Å². The van der Waals surface area contributed by atoms with E-state index in [1.54, 1.807) is 6.07 Å². The fourth-order valence-corrected chi connectivity index (χ4v) is 1.97. The van der Waals surface area contributed by atoms with Gasteiger partial charge in [0.15, 0.2) is 0 Å². The molecule has 0 aromatic heterocycles. The summed E-state index contributed by atoms with van der Waals surface area (Å²) >= 11 is 0. The quantitative estimate of drug-likeness (QED) is 0.813. The Hall–Kier alpha value is -0.960. The van der Waals surface area contributed by atoms with Gasteiger partial charge in [0.25, 0.3) is 0 Å². The standard InChI is InChI=1S/C12H15F2N/c13-11(14)7-9-2-1-3-10(6-9)12(8-15)4-5-12/h1-3,6,11H,4-5,7-8,15H2. The van der Waals surface area contributed by atoms with E-state index >= 15 is 0 Å². The van der Waals surface area contributed by atoms with E-state index in [0.29, 0.717) is 12.1 Å². The Morgan fingerprint density at radius 3 is 2.60 bits per heavy atom. The lowest BCUT2D eigenvalue weighted by Crippen LogP contribution is -2.19. The minimum Gasteiger partial charge on any atom is -0.330 e. The highest BCUT2D eigenvalue weighted by atomic mass is 19.3. The molecular formula is C12H15F2N. The van der Waals surface area contributed by atoms with E-state index < -0.39 is 6.43 Å². The molecule has 1 aromatic carbocycles. The minimum atomic E-state index is -2.27. The van der Waals surface area contributed by atoms with Crippen molar-refractivity contribution in [3.8, 4) is 0 Å². The van der Waals surface area contributed by atoms with Crippen LogP contribution in [0.4, 0.5) is 8.78 Å². The Morgan fingerprint density at radius 1 is 1.33 bits per heavy atom. The first kappa shape index (κ1) is 10.6. The van der Waals surface area contributed by atoms with Crippen molar-refractivity contribution in [3.63, 3.8) is 0 Å².